The molecule has 0 heterocycles. The van der Waals surface area contributed by atoms with Crippen molar-refractivity contribution >= 4 is 0 Å². The third-order valence-corrected chi connectivity index (χ3v) is 4.53. The highest BCUT2D eigenvalue weighted by Gasteiger charge is 2.24. The van der Waals surface area contributed by atoms with Gasteiger partial charge in [-0.25, -0.2) is 0 Å². The summed E-state index contributed by atoms with van der Waals surface area (Å²) >= 11 is 0. The zero-order valence-corrected chi connectivity index (χ0v) is 14.0. The molecule has 3 nitrogen and oxygen atoms in total. The number of nitrogens with zero attached hydrogens (tertiary/aromatic N) is 1. The van der Waals surface area contributed by atoms with Gasteiger partial charge in [0.2, 0.25) is 0 Å². The molecule has 1 rings (SSSR count). The fraction of sp³-hybridized carbons (Fsp3) is 1.00. The zero-order chi connectivity index (χ0) is 14.6. The molecule has 0 aromatic rings. The lowest BCUT2D eigenvalue weighted by molar-refractivity contribution is 0.104. The number of hydrogen-bond donors (Lipinski definition) is 1. The number of rotatable bonds is 11. The molecular formula is C17H36N2O. The van der Waals surface area contributed by atoms with Gasteiger partial charge in [-0.3, -0.25) is 4.90 Å². The van der Waals surface area contributed by atoms with Crippen molar-refractivity contribution in [3.8, 4) is 0 Å². The minimum atomic E-state index is 0.678. The van der Waals surface area contributed by atoms with Crippen LogP contribution in [-0.4, -0.2) is 50.3 Å². The normalized spacial score (nSPS) is 18.6. The summed E-state index contributed by atoms with van der Waals surface area (Å²) in [4.78, 5) is 2.55. The van der Waals surface area contributed by atoms with Crippen molar-refractivity contribution in [2.75, 3.05) is 39.4 Å². The maximum atomic E-state index is 5.51. The molecule has 0 spiro atoms. The fourth-order valence-electron chi connectivity index (χ4n) is 3.24. The van der Waals surface area contributed by atoms with Gasteiger partial charge < -0.3 is 10.1 Å². The molecule has 120 valence electrons. The monoisotopic (exact) mass is 284 g/mol. The fourth-order valence-corrected chi connectivity index (χ4v) is 3.24. The molecule has 20 heavy (non-hydrogen) atoms. The first-order valence-electron chi connectivity index (χ1n) is 8.85. The van der Waals surface area contributed by atoms with Crippen LogP contribution < -0.4 is 5.32 Å². The summed E-state index contributed by atoms with van der Waals surface area (Å²) in [5.41, 5.74) is 0. The van der Waals surface area contributed by atoms with Gasteiger partial charge in [-0.1, -0.05) is 33.1 Å². The Morgan fingerprint density at radius 1 is 1.15 bits per heavy atom. The third-order valence-electron chi connectivity index (χ3n) is 4.53. The van der Waals surface area contributed by atoms with Crippen LogP contribution in [0.25, 0.3) is 0 Å². The van der Waals surface area contributed by atoms with Gasteiger partial charge in [-0.15, -0.1) is 0 Å². The first-order valence-corrected chi connectivity index (χ1v) is 8.85. The van der Waals surface area contributed by atoms with E-state index >= 15 is 0 Å². The summed E-state index contributed by atoms with van der Waals surface area (Å²) in [6.45, 7) is 12.8. The van der Waals surface area contributed by atoms with Gasteiger partial charge >= 0.3 is 0 Å². The first-order chi connectivity index (χ1) is 9.81. The Morgan fingerprint density at radius 3 is 2.50 bits per heavy atom. The summed E-state index contributed by atoms with van der Waals surface area (Å²) in [5, 5.41) is 3.81. The molecule has 0 aromatic carbocycles. The highest BCUT2D eigenvalue weighted by molar-refractivity contribution is 4.82. The standard InChI is InChI=1S/C17H36N2O/c1-4-12-18-17(16-10-8-7-9-11-16)15-19(5-2)13-14-20-6-3/h16-18H,4-15H2,1-3H3. The van der Waals surface area contributed by atoms with Gasteiger partial charge in [0, 0.05) is 25.7 Å². The number of ether oxygens (including phenoxy) is 1. The number of nitrogens with one attached hydrogen (secondary N) is 1. The molecule has 0 saturated heterocycles. The van der Waals surface area contributed by atoms with E-state index in [1.807, 2.05) is 0 Å². The third kappa shape index (κ3) is 7.05. The Kier molecular flexibility index (Phi) is 10.3. The van der Waals surface area contributed by atoms with Crippen molar-refractivity contribution in [1.29, 1.82) is 0 Å². The van der Waals surface area contributed by atoms with Gasteiger partial charge in [0.25, 0.3) is 0 Å². The van der Waals surface area contributed by atoms with E-state index in [1.54, 1.807) is 0 Å². The Hall–Kier alpha value is -0.120. The Bertz CT molecular complexity index is 217. The van der Waals surface area contributed by atoms with E-state index in [9.17, 15) is 0 Å². The van der Waals surface area contributed by atoms with E-state index in [4.69, 9.17) is 4.74 Å². The van der Waals surface area contributed by atoms with Crippen molar-refractivity contribution in [2.45, 2.75) is 65.3 Å². The molecule has 1 saturated carbocycles. The number of hydrogen-bond acceptors (Lipinski definition) is 3. The smallest absolute Gasteiger partial charge is 0.0593 e. The zero-order valence-electron chi connectivity index (χ0n) is 14.0. The second-order valence-electron chi connectivity index (χ2n) is 6.05. The predicted molar refractivity (Wildman–Crippen MR) is 87.3 cm³/mol. The second-order valence-corrected chi connectivity index (χ2v) is 6.05. The van der Waals surface area contributed by atoms with Crippen molar-refractivity contribution in [3.63, 3.8) is 0 Å². The van der Waals surface area contributed by atoms with E-state index in [1.165, 1.54) is 45.1 Å². The molecule has 0 bridgehead atoms. The maximum absolute atomic E-state index is 5.51. The Labute approximate surface area is 126 Å². The van der Waals surface area contributed by atoms with Crippen molar-refractivity contribution in [1.82, 2.24) is 10.2 Å². The molecule has 3 heteroatoms. The molecule has 1 aliphatic carbocycles. The van der Waals surface area contributed by atoms with Crippen LogP contribution in [0.15, 0.2) is 0 Å². The quantitative estimate of drug-likeness (QED) is 0.589. The topological polar surface area (TPSA) is 24.5 Å². The summed E-state index contributed by atoms with van der Waals surface area (Å²) in [6, 6.07) is 0.678. The van der Waals surface area contributed by atoms with E-state index in [2.05, 4.69) is 31.0 Å². The lowest BCUT2D eigenvalue weighted by atomic mass is 9.83. The van der Waals surface area contributed by atoms with Crippen LogP contribution in [0, 0.1) is 5.92 Å². The second kappa shape index (κ2) is 11.5. The lowest BCUT2D eigenvalue weighted by Gasteiger charge is -2.35. The van der Waals surface area contributed by atoms with Crippen LogP contribution >= 0.6 is 0 Å². The summed E-state index contributed by atoms with van der Waals surface area (Å²) < 4.78 is 5.51. The average Bonchev–Trinajstić information content (AvgIpc) is 2.50. The van der Waals surface area contributed by atoms with Crippen molar-refractivity contribution < 1.29 is 4.74 Å². The minimum Gasteiger partial charge on any atom is -0.380 e. The Morgan fingerprint density at radius 2 is 1.90 bits per heavy atom. The van der Waals surface area contributed by atoms with Crippen LogP contribution in [0.4, 0.5) is 0 Å². The molecular weight excluding hydrogens is 248 g/mol. The van der Waals surface area contributed by atoms with Crippen molar-refractivity contribution in [3.05, 3.63) is 0 Å². The Balaban J connectivity index is 2.43. The average molecular weight is 284 g/mol. The minimum absolute atomic E-state index is 0.678. The molecule has 0 radical (unpaired) electrons. The molecule has 0 amide bonds. The molecule has 1 unspecified atom stereocenters. The van der Waals surface area contributed by atoms with Crippen LogP contribution in [0.1, 0.15) is 59.3 Å². The van der Waals surface area contributed by atoms with Crippen LogP contribution in [0.2, 0.25) is 0 Å². The molecule has 1 N–H and O–H groups in total. The molecule has 1 fully saturated rings. The van der Waals surface area contributed by atoms with E-state index in [0.717, 1.165) is 38.8 Å². The molecule has 1 aliphatic rings. The van der Waals surface area contributed by atoms with Crippen LogP contribution in [0.3, 0.4) is 0 Å². The highest BCUT2D eigenvalue weighted by atomic mass is 16.5. The summed E-state index contributed by atoms with van der Waals surface area (Å²) in [6.07, 6.45) is 8.38. The number of likely N-dealkylation sites (N-methyl/N-ethyl adjacent to an activating group) is 1. The highest BCUT2D eigenvalue weighted by Crippen LogP contribution is 2.27. The summed E-state index contributed by atoms with van der Waals surface area (Å²) in [7, 11) is 0. The largest absolute Gasteiger partial charge is 0.380 e. The van der Waals surface area contributed by atoms with Gasteiger partial charge in [-0.2, -0.15) is 0 Å². The van der Waals surface area contributed by atoms with Crippen molar-refractivity contribution in [2.24, 2.45) is 5.92 Å². The van der Waals surface area contributed by atoms with E-state index in [0.29, 0.717) is 6.04 Å². The molecule has 0 aliphatic heterocycles. The predicted octanol–water partition coefficient (Wildman–Crippen LogP) is 3.29. The first kappa shape index (κ1) is 17.9. The van der Waals surface area contributed by atoms with Gasteiger partial charge in [0.15, 0.2) is 0 Å². The van der Waals surface area contributed by atoms with Gasteiger partial charge in [0.1, 0.15) is 0 Å². The molecule has 1 atom stereocenters. The SMILES string of the molecule is CCCNC(CN(CC)CCOCC)C1CCCCC1. The van der Waals surface area contributed by atoms with Crippen LogP contribution in [0.5, 0.6) is 0 Å². The summed E-state index contributed by atoms with van der Waals surface area (Å²) in [5.74, 6) is 0.886. The van der Waals surface area contributed by atoms with E-state index in [-0.39, 0.29) is 0 Å². The van der Waals surface area contributed by atoms with Gasteiger partial charge in [0.05, 0.1) is 6.61 Å². The van der Waals surface area contributed by atoms with Crippen LogP contribution in [-0.2, 0) is 4.74 Å². The molecule has 0 aromatic heterocycles. The van der Waals surface area contributed by atoms with E-state index < -0.39 is 0 Å². The van der Waals surface area contributed by atoms with Gasteiger partial charge in [-0.05, 0) is 45.2 Å². The lowest BCUT2D eigenvalue weighted by Crippen LogP contribution is -2.47. The maximum Gasteiger partial charge on any atom is 0.0593 e.